The molecule has 0 amide bonds. The maximum absolute atomic E-state index is 13.8. The van der Waals surface area contributed by atoms with Crippen molar-refractivity contribution in [2.45, 2.75) is 45.1 Å². The molecular weight excluding hydrogens is 353 g/mol. The second kappa shape index (κ2) is 6.61. The van der Waals surface area contributed by atoms with Gasteiger partial charge in [0.2, 0.25) is 5.88 Å². The maximum atomic E-state index is 13.8. The van der Waals surface area contributed by atoms with Crippen LogP contribution in [0.25, 0.3) is 0 Å². The van der Waals surface area contributed by atoms with E-state index in [9.17, 15) is 9.18 Å². The van der Waals surface area contributed by atoms with E-state index < -0.39 is 5.76 Å². The lowest BCUT2D eigenvalue weighted by molar-refractivity contribution is 0.235. The van der Waals surface area contributed by atoms with Crippen LogP contribution in [0.5, 0.6) is 0 Å². The van der Waals surface area contributed by atoms with Crippen molar-refractivity contribution in [2.24, 2.45) is 17.8 Å². The van der Waals surface area contributed by atoms with Crippen LogP contribution in [0.3, 0.4) is 0 Å². The van der Waals surface area contributed by atoms with Gasteiger partial charge in [-0.05, 0) is 62.5 Å². The Balaban J connectivity index is 1.65. The van der Waals surface area contributed by atoms with Gasteiger partial charge in [0.15, 0.2) is 0 Å². The monoisotopic (exact) mass is 375 g/mol. The molecule has 1 fully saturated rings. The Kier molecular flexibility index (Phi) is 4.42. The van der Waals surface area contributed by atoms with Gasteiger partial charge in [-0.2, -0.15) is 0 Å². The molecule has 0 saturated heterocycles. The van der Waals surface area contributed by atoms with Gasteiger partial charge >= 0.3 is 5.76 Å². The fourth-order valence-corrected chi connectivity index (χ4v) is 4.86. The second-order valence-electron chi connectivity index (χ2n) is 7.62. The number of hydrogen-bond donors (Lipinski definition) is 3. The number of H-pyrrole nitrogens is 1. The normalized spacial score (nSPS) is 31.8. The van der Waals surface area contributed by atoms with Gasteiger partial charge < -0.3 is 15.1 Å². The van der Waals surface area contributed by atoms with E-state index in [2.05, 4.69) is 10.3 Å². The minimum atomic E-state index is -0.454. The first-order valence-electron chi connectivity index (χ1n) is 9.05. The molecule has 2 aliphatic carbocycles. The molecule has 0 aromatic carbocycles. The SMILES string of the molecule is CC1=C(F)C=CC(C2Nc3oc(=O)[nH]c3CC2C2CCC(=N)C(=S)C2)C1. The summed E-state index contributed by atoms with van der Waals surface area (Å²) in [6.07, 6.45) is 7.17. The second-order valence-corrected chi connectivity index (χ2v) is 8.11. The van der Waals surface area contributed by atoms with Crippen LogP contribution in [-0.2, 0) is 6.42 Å². The summed E-state index contributed by atoms with van der Waals surface area (Å²) in [5.74, 6) is 0.598. The third kappa shape index (κ3) is 3.09. The van der Waals surface area contributed by atoms with E-state index in [-0.39, 0.29) is 23.7 Å². The summed E-state index contributed by atoms with van der Waals surface area (Å²) < 4.78 is 19.0. The van der Waals surface area contributed by atoms with Crippen molar-refractivity contribution in [1.29, 1.82) is 5.41 Å². The summed E-state index contributed by atoms with van der Waals surface area (Å²) >= 11 is 5.39. The summed E-state index contributed by atoms with van der Waals surface area (Å²) in [5.41, 5.74) is 2.12. The van der Waals surface area contributed by atoms with Crippen LogP contribution in [-0.4, -0.2) is 21.6 Å². The van der Waals surface area contributed by atoms with Crippen LogP contribution >= 0.6 is 12.2 Å². The van der Waals surface area contributed by atoms with Crippen LogP contribution in [0.1, 0.15) is 38.3 Å². The summed E-state index contributed by atoms with van der Waals surface area (Å²) in [5, 5.41) is 11.3. The molecule has 1 aliphatic heterocycles. The molecule has 4 rings (SSSR count). The third-order valence-corrected chi connectivity index (χ3v) is 6.39. The number of aromatic amines is 1. The van der Waals surface area contributed by atoms with Crippen molar-refractivity contribution in [3.05, 3.63) is 39.8 Å². The van der Waals surface area contributed by atoms with E-state index in [1.165, 1.54) is 0 Å². The molecule has 2 heterocycles. The van der Waals surface area contributed by atoms with Gasteiger partial charge in [0, 0.05) is 22.5 Å². The largest absolute Gasteiger partial charge is 0.418 e. The molecule has 0 bridgehead atoms. The van der Waals surface area contributed by atoms with E-state index in [0.717, 1.165) is 29.0 Å². The van der Waals surface area contributed by atoms with Gasteiger partial charge in [0.1, 0.15) is 5.83 Å². The number of nitrogens with one attached hydrogen (secondary N) is 3. The molecule has 7 heteroatoms. The summed E-state index contributed by atoms with van der Waals surface area (Å²) in [6, 6.07) is 0.0424. The van der Waals surface area contributed by atoms with Crippen LogP contribution < -0.4 is 11.1 Å². The van der Waals surface area contributed by atoms with Gasteiger partial charge in [-0.1, -0.05) is 18.3 Å². The highest BCUT2D eigenvalue weighted by Gasteiger charge is 2.41. The van der Waals surface area contributed by atoms with Gasteiger partial charge in [-0.3, -0.25) is 4.98 Å². The topological polar surface area (TPSA) is 81.9 Å². The lowest BCUT2D eigenvalue weighted by Crippen LogP contribution is -2.45. The number of anilines is 1. The molecule has 1 saturated carbocycles. The fraction of sp³-hybridized carbons (Fsp3) is 0.526. The first kappa shape index (κ1) is 17.4. The smallest absolute Gasteiger partial charge is 0.392 e. The van der Waals surface area contributed by atoms with E-state index in [1.54, 1.807) is 6.08 Å². The first-order chi connectivity index (χ1) is 12.4. The maximum Gasteiger partial charge on any atom is 0.418 e. The number of aromatic nitrogens is 1. The Morgan fingerprint density at radius 3 is 2.88 bits per heavy atom. The van der Waals surface area contributed by atoms with Gasteiger partial charge in [-0.15, -0.1) is 0 Å². The van der Waals surface area contributed by atoms with Gasteiger partial charge in [0.25, 0.3) is 0 Å². The predicted octanol–water partition coefficient (Wildman–Crippen LogP) is 3.93. The zero-order valence-corrected chi connectivity index (χ0v) is 15.4. The average molecular weight is 375 g/mol. The molecular formula is C19H22FN3O2S. The molecule has 4 unspecified atom stereocenters. The predicted molar refractivity (Wildman–Crippen MR) is 103 cm³/mol. The number of fused-ring (bicyclic) bond motifs is 1. The quantitative estimate of drug-likeness (QED) is 0.684. The van der Waals surface area contributed by atoms with E-state index in [0.29, 0.717) is 36.8 Å². The molecule has 26 heavy (non-hydrogen) atoms. The number of allylic oxidation sites excluding steroid dienone is 3. The lowest BCUT2D eigenvalue weighted by Gasteiger charge is -2.42. The van der Waals surface area contributed by atoms with Crippen LogP contribution in [0.4, 0.5) is 10.3 Å². The molecule has 1 aromatic rings. The number of halogens is 1. The molecule has 138 valence electrons. The van der Waals surface area contributed by atoms with E-state index in [4.69, 9.17) is 22.0 Å². The minimum absolute atomic E-state index is 0.0424. The van der Waals surface area contributed by atoms with Crippen LogP contribution in [0.15, 0.2) is 32.8 Å². The summed E-state index contributed by atoms with van der Waals surface area (Å²) in [6.45, 7) is 1.82. The van der Waals surface area contributed by atoms with Crippen LogP contribution in [0, 0.1) is 23.2 Å². The Morgan fingerprint density at radius 2 is 2.15 bits per heavy atom. The number of oxazole rings is 1. The van der Waals surface area contributed by atoms with Crippen molar-refractivity contribution in [1.82, 2.24) is 4.98 Å². The van der Waals surface area contributed by atoms with Crippen LogP contribution in [0.2, 0.25) is 0 Å². The highest BCUT2D eigenvalue weighted by Crippen LogP contribution is 2.42. The summed E-state index contributed by atoms with van der Waals surface area (Å²) in [7, 11) is 0. The zero-order chi connectivity index (χ0) is 18.4. The van der Waals surface area contributed by atoms with Crippen molar-refractivity contribution >= 4 is 28.7 Å². The Morgan fingerprint density at radius 1 is 1.35 bits per heavy atom. The number of hydrogen-bond acceptors (Lipinski definition) is 5. The molecule has 3 N–H and O–H groups in total. The zero-order valence-electron chi connectivity index (χ0n) is 14.6. The van der Waals surface area contributed by atoms with Crippen molar-refractivity contribution < 1.29 is 8.81 Å². The fourth-order valence-electron chi connectivity index (χ4n) is 4.54. The Hall–Kier alpha value is -2.02. The molecule has 3 aliphatic rings. The Labute approximate surface area is 156 Å². The van der Waals surface area contributed by atoms with Crippen molar-refractivity contribution in [3.8, 4) is 0 Å². The molecule has 1 aromatic heterocycles. The van der Waals surface area contributed by atoms with Crippen molar-refractivity contribution in [3.63, 3.8) is 0 Å². The minimum Gasteiger partial charge on any atom is -0.392 e. The summed E-state index contributed by atoms with van der Waals surface area (Å²) in [4.78, 5) is 15.2. The first-order valence-corrected chi connectivity index (χ1v) is 9.45. The molecule has 0 radical (unpaired) electrons. The van der Waals surface area contributed by atoms with Crippen molar-refractivity contribution in [2.75, 3.05) is 5.32 Å². The highest BCUT2D eigenvalue weighted by molar-refractivity contribution is 7.82. The Bertz CT molecular complexity index is 882. The van der Waals surface area contributed by atoms with Gasteiger partial charge in [-0.25, -0.2) is 9.18 Å². The molecule has 4 atom stereocenters. The molecule has 0 spiro atoms. The van der Waals surface area contributed by atoms with E-state index in [1.807, 2.05) is 13.0 Å². The lowest BCUT2D eigenvalue weighted by atomic mass is 9.68. The number of thiocarbonyl (C=S) groups is 1. The third-order valence-electron chi connectivity index (χ3n) is 5.98. The number of rotatable bonds is 2. The average Bonchev–Trinajstić information content (AvgIpc) is 2.97. The molecule has 5 nitrogen and oxygen atoms in total. The highest BCUT2D eigenvalue weighted by atomic mass is 32.1. The van der Waals surface area contributed by atoms with E-state index >= 15 is 0 Å². The standard InChI is InChI=1S/C19H22FN3O2S/c1-9-6-11(2-4-13(9)20)17-12(10-3-5-14(21)16(26)7-10)8-15-18(23-17)25-19(24)22-15/h2,4,10-12,17,21,23H,3,5-8H2,1H3,(H,22,24). The van der Waals surface area contributed by atoms with Gasteiger partial charge in [0.05, 0.1) is 5.69 Å².